The minimum Gasteiger partial charge on any atom is -0.370 e. The van der Waals surface area contributed by atoms with Crippen LogP contribution in [0.15, 0.2) is 18.3 Å². The van der Waals surface area contributed by atoms with Crippen LogP contribution < -0.4 is 5.32 Å². The average molecular weight is 233 g/mol. The van der Waals surface area contributed by atoms with Crippen LogP contribution in [0.1, 0.15) is 44.2 Å². The summed E-state index contributed by atoms with van der Waals surface area (Å²) < 4.78 is 0. The molecule has 1 aromatic rings. The zero-order valence-corrected chi connectivity index (χ0v) is 10.9. The second-order valence-electron chi connectivity index (χ2n) is 4.86. The predicted octanol–water partition coefficient (Wildman–Crippen LogP) is 3.06. The highest BCUT2D eigenvalue weighted by Gasteiger charge is 2.24. The highest BCUT2D eigenvalue weighted by Crippen LogP contribution is 2.33. The fourth-order valence-corrected chi connectivity index (χ4v) is 2.52. The second-order valence-corrected chi connectivity index (χ2v) is 4.86. The maximum absolute atomic E-state index is 4.49. The Kier molecular flexibility index (Phi) is 4.37. The van der Waals surface area contributed by atoms with E-state index >= 15 is 0 Å². The second kappa shape index (κ2) is 6.01. The summed E-state index contributed by atoms with van der Waals surface area (Å²) in [5.41, 5.74) is 1.36. The fourth-order valence-electron chi connectivity index (χ4n) is 2.52. The van der Waals surface area contributed by atoms with Crippen molar-refractivity contribution >= 4 is 5.82 Å². The molecular formula is C14H23N3. The van der Waals surface area contributed by atoms with Gasteiger partial charge in [-0.15, -0.1) is 0 Å². The lowest BCUT2D eigenvalue weighted by molar-refractivity contribution is 0.317. The van der Waals surface area contributed by atoms with Gasteiger partial charge in [-0.3, -0.25) is 4.90 Å². The molecule has 0 bridgehead atoms. The Balaban J connectivity index is 2.09. The van der Waals surface area contributed by atoms with Crippen molar-refractivity contribution in [3.63, 3.8) is 0 Å². The van der Waals surface area contributed by atoms with E-state index in [9.17, 15) is 0 Å². The van der Waals surface area contributed by atoms with Crippen LogP contribution >= 0.6 is 0 Å². The number of rotatable bonds is 5. The largest absolute Gasteiger partial charge is 0.370 e. The van der Waals surface area contributed by atoms with Gasteiger partial charge in [0.25, 0.3) is 0 Å². The number of anilines is 1. The molecule has 2 heterocycles. The highest BCUT2D eigenvalue weighted by molar-refractivity contribution is 5.45. The van der Waals surface area contributed by atoms with Gasteiger partial charge in [-0.05, 0) is 38.9 Å². The Bertz CT molecular complexity index is 351. The van der Waals surface area contributed by atoms with Gasteiger partial charge < -0.3 is 5.32 Å². The first kappa shape index (κ1) is 12.4. The smallest absolute Gasteiger partial charge is 0.130 e. The van der Waals surface area contributed by atoms with E-state index in [0.717, 1.165) is 12.4 Å². The molecule has 3 nitrogen and oxygen atoms in total. The number of likely N-dealkylation sites (tertiary alicyclic amines) is 1. The highest BCUT2D eigenvalue weighted by atomic mass is 15.2. The summed E-state index contributed by atoms with van der Waals surface area (Å²) in [7, 11) is 2.21. The topological polar surface area (TPSA) is 28.2 Å². The summed E-state index contributed by atoms with van der Waals surface area (Å²) in [5.74, 6) is 1.08. The van der Waals surface area contributed by atoms with Crippen LogP contribution in [0.5, 0.6) is 0 Å². The lowest BCUT2D eigenvalue weighted by Gasteiger charge is -2.22. The van der Waals surface area contributed by atoms with E-state index in [1.54, 1.807) is 0 Å². The van der Waals surface area contributed by atoms with Gasteiger partial charge in [0.1, 0.15) is 5.82 Å². The van der Waals surface area contributed by atoms with Gasteiger partial charge in [0, 0.05) is 24.3 Å². The summed E-state index contributed by atoms with van der Waals surface area (Å²) in [5, 5.41) is 3.47. The molecule has 17 heavy (non-hydrogen) atoms. The first-order chi connectivity index (χ1) is 8.33. The van der Waals surface area contributed by atoms with E-state index in [-0.39, 0.29) is 0 Å². The third kappa shape index (κ3) is 2.97. The first-order valence-corrected chi connectivity index (χ1v) is 6.72. The van der Waals surface area contributed by atoms with E-state index in [1.165, 1.54) is 37.8 Å². The van der Waals surface area contributed by atoms with E-state index in [1.807, 2.05) is 12.3 Å². The van der Waals surface area contributed by atoms with Crippen molar-refractivity contribution in [2.24, 2.45) is 0 Å². The van der Waals surface area contributed by atoms with Crippen molar-refractivity contribution in [1.29, 1.82) is 0 Å². The van der Waals surface area contributed by atoms with Crippen LogP contribution in [0.2, 0.25) is 0 Å². The normalized spacial score (nSPS) is 20.7. The van der Waals surface area contributed by atoms with Crippen LogP contribution in [0.25, 0.3) is 0 Å². The van der Waals surface area contributed by atoms with Crippen molar-refractivity contribution < 1.29 is 0 Å². The van der Waals surface area contributed by atoms with Crippen LogP contribution in [0.4, 0.5) is 5.82 Å². The van der Waals surface area contributed by atoms with Crippen LogP contribution in [-0.4, -0.2) is 30.0 Å². The zero-order chi connectivity index (χ0) is 12.1. The molecule has 0 amide bonds. The van der Waals surface area contributed by atoms with Gasteiger partial charge >= 0.3 is 0 Å². The Labute approximate surface area is 104 Å². The number of hydrogen-bond donors (Lipinski definition) is 1. The lowest BCUT2D eigenvalue weighted by Crippen LogP contribution is -2.19. The number of unbranched alkanes of at least 4 members (excludes halogenated alkanes) is 1. The fraction of sp³-hybridized carbons (Fsp3) is 0.643. The Morgan fingerprint density at radius 3 is 3.12 bits per heavy atom. The van der Waals surface area contributed by atoms with E-state index in [4.69, 9.17) is 0 Å². The minimum atomic E-state index is 0.549. The molecule has 0 radical (unpaired) electrons. The van der Waals surface area contributed by atoms with Crippen molar-refractivity contribution in [3.8, 4) is 0 Å². The van der Waals surface area contributed by atoms with Crippen LogP contribution in [-0.2, 0) is 0 Å². The van der Waals surface area contributed by atoms with Gasteiger partial charge in [-0.1, -0.05) is 19.4 Å². The van der Waals surface area contributed by atoms with E-state index < -0.39 is 0 Å². The number of nitrogens with zero attached hydrogens (tertiary/aromatic N) is 2. The van der Waals surface area contributed by atoms with Gasteiger partial charge in [0.15, 0.2) is 0 Å². The molecule has 0 saturated carbocycles. The Morgan fingerprint density at radius 2 is 2.41 bits per heavy atom. The molecule has 3 heteroatoms. The summed E-state index contributed by atoms with van der Waals surface area (Å²) in [4.78, 5) is 6.92. The average Bonchev–Trinajstić information content (AvgIpc) is 2.76. The molecule has 2 rings (SSSR count). The van der Waals surface area contributed by atoms with Gasteiger partial charge in [0.05, 0.1) is 0 Å². The molecule has 0 aliphatic carbocycles. The quantitative estimate of drug-likeness (QED) is 0.792. The van der Waals surface area contributed by atoms with Crippen molar-refractivity contribution in [2.75, 3.05) is 25.5 Å². The summed E-state index contributed by atoms with van der Waals surface area (Å²) in [6.07, 6.45) is 6.86. The number of pyridine rings is 1. The zero-order valence-electron chi connectivity index (χ0n) is 10.9. The molecule has 0 spiro atoms. The van der Waals surface area contributed by atoms with Crippen molar-refractivity contribution in [1.82, 2.24) is 9.88 Å². The third-order valence-electron chi connectivity index (χ3n) is 3.54. The summed E-state index contributed by atoms with van der Waals surface area (Å²) >= 11 is 0. The van der Waals surface area contributed by atoms with Crippen LogP contribution in [0, 0.1) is 0 Å². The van der Waals surface area contributed by atoms with E-state index in [2.05, 4.69) is 35.2 Å². The van der Waals surface area contributed by atoms with Crippen molar-refractivity contribution in [2.45, 2.75) is 38.6 Å². The summed E-state index contributed by atoms with van der Waals surface area (Å²) in [6, 6.07) is 4.81. The molecule has 1 aromatic heterocycles. The van der Waals surface area contributed by atoms with Gasteiger partial charge in [0.2, 0.25) is 0 Å². The molecule has 1 aliphatic heterocycles. The molecule has 1 fully saturated rings. The molecule has 94 valence electrons. The monoisotopic (exact) mass is 233 g/mol. The van der Waals surface area contributed by atoms with E-state index in [0.29, 0.717) is 6.04 Å². The van der Waals surface area contributed by atoms with Crippen molar-refractivity contribution in [3.05, 3.63) is 23.9 Å². The number of nitrogens with one attached hydrogen (secondary N) is 1. The Morgan fingerprint density at radius 1 is 1.53 bits per heavy atom. The SMILES string of the molecule is CCCCNc1ncccc1[C@H]1CCCN1C. The molecule has 1 aliphatic rings. The minimum absolute atomic E-state index is 0.549. The summed E-state index contributed by atoms with van der Waals surface area (Å²) in [6.45, 7) is 4.44. The molecule has 1 N–H and O–H groups in total. The van der Waals surface area contributed by atoms with Crippen LogP contribution in [0.3, 0.4) is 0 Å². The molecule has 0 unspecified atom stereocenters. The molecule has 1 saturated heterocycles. The Hall–Kier alpha value is -1.09. The number of aromatic nitrogens is 1. The standard InChI is InChI=1S/C14H23N3/c1-3-4-9-15-14-12(7-5-10-16-14)13-8-6-11-17(13)2/h5,7,10,13H,3-4,6,8-9,11H2,1-2H3,(H,15,16)/t13-/m1/s1. The molecule has 0 aromatic carbocycles. The third-order valence-corrected chi connectivity index (χ3v) is 3.54. The van der Waals surface area contributed by atoms with Gasteiger partial charge in [-0.2, -0.15) is 0 Å². The molecular weight excluding hydrogens is 210 g/mol. The maximum Gasteiger partial charge on any atom is 0.130 e. The van der Waals surface area contributed by atoms with Gasteiger partial charge in [-0.25, -0.2) is 4.98 Å². The molecule has 1 atom stereocenters. The predicted molar refractivity (Wildman–Crippen MR) is 72.2 cm³/mol. The number of hydrogen-bond acceptors (Lipinski definition) is 3. The lowest BCUT2D eigenvalue weighted by atomic mass is 10.1. The maximum atomic E-state index is 4.49. The first-order valence-electron chi connectivity index (χ1n) is 6.72.